The molecule has 0 saturated carbocycles. The average molecular weight is 344 g/mol. The maximum absolute atomic E-state index is 10.0. The zero-order valence-corrected chi connectivity index (χ0v) is 12.0. The Morgan fingerprint density at radius 2 is 0.933 bits per heavy atom. The molecule has 0 aromatic carbocycles. The Morgan fingerprint density at radius 1 is 0.667 bits per heavy atom. The zero-order chi connectivity index (χ0) is 10.8. The van der Waals surface area contributed by atoms with Crippen molar-refractivity contribution in [3.63, 3.8) is 0 Å². The Bertz CT molecular complexity index is 162. The SMILES string of the molecule is O=C([O-])CCCCCCCCC(=O)[O-].[Nd+3]. The van der Waals surface area contributed by atoms with Crippen LogP contribution in [0.2, 0.25) is 0 Å². The van der Waals surface area contributed by atoms with Gasteiger partial charge in [-0.15, -0.1) is 0 Å². The van der Waals surface area contributed by atoms with Crippen molar-refractivity contribution in [3.8, 4) is 0 Å². The van der Waals surface area contributed by atoms with Crippen molar-refractivity contribution < 1.29 is 60.6 Å². The van der Waals surface area contributed by atoms with Crippen LogP contribution in [0.15, 0.2) is 0 Å². The molecule has 0 amide bonds. The van der Waals surface area contributed by atoms with Crippen molar-refractivity contribution >= 4 is 11.9 Å². The first-order chi connectivity index (χ1) is 6.63. The molecular weight excluding hydrogens is 328 g/mol. The minimum absolute atomic E-state index is 0. The molecule has 15 heavy (non-hydrogen) atoms. The Hall–Kier alpha value is 0.291. The third-order valence-electron chi connectivity index (χ3n) is 2.01. The molecule has 0 bridgehead atoms. The predicted octanol–water partition coefficient (Wildman–Crippen LogP) is -0.393. The summed E-state index contributed by atoms with van der Waals surface area (Å²) in [7, 11) is 0. The molecule has 0 N–H and O–H groups in total. The van der Waals surface area contributed by atoms with Gasteiger partial charge in [0.05, 0.1) is 0 Å². The second-order valence-corrected chi connectivity index (χ2v) is 3.37. The number of rotatable bonds is 9. The second kappa shape index (κ2) is 12.4. The Labute approximate surface area is 123 Å². The van der Waals surface area contributed by atoms with Crippen LogP contribution in [0.25, 0.3) is 0 Å². The van der Waals surface area contributed by atoms with Gasteiger partial charge in [-0.3, -0.25) is 0 Å². The predicted molar refractivity (Wildman–Crippen MR) is 47.0 cm³/mol. The molecule has 0 aliphatic heterocycles. The number of aliphatic carboxylic acids is 2. The van der Waals surface area contributed by atoms with Crippen molar-refractivity contribution in [2.24, 2.45) is 0 Å². The van der Waals surface area contributed by atoms with Gasteiger partial charge in [0, 0.05) is 11.9 Å². The van der Waals surface area contributed by atoms with Crippen LogP contribution in [0.4, 0.5) is 0 Å². The molecule has 0 heterocycles. The van der Waals surface area contributed by atoms with E-state index in [1.807, 2.05) is 0 Å². The minimum Gasteiger partial charge on any atom is -0.550 e. The smallest absolute Gasteiger partial charge is 0.550 e. The molecule has 0 atom stereocenters. The van der Waals surface area contributed by atoms with Crippen LogP contribution in [-0.4, -0.2) is 11.9 Å². The molecule has 0 unspecified atom stereocenters. The minimum atomic E-state index is -0.998. The van der Waals surface area contributed by atoms with Crippen molar-refractivity contribution in [2.45, 2.75) is 51.4 Å². The monoisotopic (exact) mass is 342 g/mol. The quantitative estimate of drug-likeness (QED) is 0.534. The van der Waals surface area contributed by atoms with Crippen LogP contribution in [0.3, 0.4) is 0 Å². The number of carbonyl (C=O) groups excluding carboxylic acids is 2. The maximum atomic E-state index is 10.0. The molecule has 0 fully saturated rings. The average Bonchev–Trinajstić information content (AvgIpc) is 2.08. The summed E-state index contributed by atoms with van der Waals surface area (Å²) in [6, 6.07) is 0. The summed E-state index contributed by atoms with van der Waals surface area (Å²) in [5.74, 6) is -2.00. The molecule has 1 radical (unpaired) electrons. The van der Waals surface area contributed by atoms with Crippen LogP contribution < -0.4 is 10.2 Å². The van der Waals surface area contributed by atoms with Crippen molar-refractivity contribution in [1.82, 2.24) is 0 Å². The summed E-state index contributed by atoms with van der Waals surface area (Å²) in [6.45, 7) is 0. The van der Waals surface area contributed by atoms with E-state index in [1.165, 1.54) is 0 Å². The summed E-state index contributed by atoms with van der Waals surface area (Å²) in [5.41, 5.74) is 0. The van der Waals surface area contributed by atoms with Gasteiger partial charge in [-0.1, -0.05) is 25.7 Å². The molecule has 0 saturated heterocycles. The van der Waals surface area contributed by atoms with E-state index in [9.17, 15) is 19.8 Å². The van der Waals surface area contributed by atoms with Crippen LogP contribution >= 0.6 is 0 Å². The van der Waals surface area contributed by atoms with Gasteiger partial charge in [-0.2, -0.15) is 0 Å². The van der Waals surface area contributed by atoms with Crippen LogP contribution in [-0.2, 0) is 9.59 Å². The molecule has 4 nitrogen and oxygen atoms in total. The van der Waals surface area contributed by atoms with E-state index >= 15 is 0 Å². The maximum Gasteiger partial charge on any atom is 3.00 e. The molecule has 0 aliphatic carbocycles. The van der Waals surface area contributed by atoms with Gasteiger partial charge < -0.3 is 19.8 Å². The van der Waals surface area contributed by atoms with Crippen molar-refractivity contribution in [2.75, 3.05) is 0 Å². The number of carboxylic acid groups (broad SMARTS) is 2. The first-order valence-corrected chi connectivity index (χ1v) is 5.02. The fourth-order valence-electron chi connectivity index (χ4n) is 1.25. The fraction of sp³-hybridized carbons (Fsp3) is 0.800. The van der Waals surface area contributed by atoms with Gasteiger partial charge in [0.25, 0.3) is 0 Å². The second-order valence-electron chi connectivity index (χ2n) is 3.37. The third kappa shape index (κ3) is 16.9. The topological polar surface area (TPSA) is 80.3 Å². The molecule has 5 heteroatoms. The fourth-order valence-corrected chi connectivity index (χ4v) is 1.25. The van der Waals surface area contributed by atoms with E-state index in [0.29, 0.717) is 12.8 Å². The van der Waals surface area contributed by atoms with E-state index < -0.39 is 11.9 Å². The van der Waals surface area contributed by atoms with Crippen LogP contribution in [0.1, 0.15) is 51.4 Å². The summed E-state index contributed by atoms with van der Waals surface area (Å²) in [4.78, 5) is 20.1. The number of unbranched alkanes of at least 4 members (excludes halogenated alkanes) is 5. The van der Waals surface area contributed by atoms with Crippen molar-refractivity contribution in [3.05, 3.63) is 0 Å². The Balaban J connectivity index is 0. The normalized spacial score (nSPS) is 9.33. The van der Waals surface area contributed by atoms with Gasteiger partial charge in [0.1, 0.15) is 0 Å². The molecule has 0 rings (SSSR count). The van der Waals surface area contributed by atoms with Crippen molar-refractivity contribution in [1.29, 1.82) is 0 Å². The first kappa shape index (κ1) is 17.7. The standard InChI is InChI=1S/C10H18O4.Nd/c11-9(12)7-5-3-1-2-4-6-8-10(13)14;/h1-8H2,(H,11,12)(H,13,14);/q;+3/p-2. The van der Waals surface area contributed by atoms with Gasteiger partial charge in [0.2, 0.25) is 0 Å². The van der Waals surface area contributed by atoms with E-state index in [1.54, 1.807) is 0 Å². The summed E-state index contributed by atoms with van der Waals surface area (Å²) in [5, 5.41) is 20.1. The summed E-state index contributed by atoms with van der Waals surface area (Å²) in [6.07, 6.45) is 5.23. The number of carboxylic acids is 2. The molecular formula is C10H16NdO4+. The molecule has 0 spiro atoms. The summed E-state index contributed by atoms with van der Waals surface area (Å²) >= 11 is 0. The number of hydrogen-bond donors (Lipinski definition) is 0. The zero-order valence-electron chi connectivity index (χ0n) is 8.79. The van der Waals surface area contributed by atoms with E-state index in [-0.39, 0.29) is 53.7 Å². The van der Waals surface area contributed by atoms with Gasteiger partial charge in [-0.05, 0) is 25.7 Å². The molecule has 83 valence electrons. The van der Waals surface area contributed by atoms with E-state index in [0.717, 1.165) is 25.7 Å². The number of hydrogen-bond acceptors (Lipinski definition) is 4. The Morgan fingerprint density at radius 3 is 1.20 bits per heavy atom. The Kier molecular flexibility index (Phi) is 14.6. The van der Waals surface area contributed by atoms with Gasteiger partial charge in [0.15, 0.2) is 0 Å². The van der Waals surface area contributed by atoms with Crippen LogP contribution in [0, 0.1) is 40.8 Å². The van der Waals surface area contributed by atoms with E-state index in [4.69, 9.17) is 0 Å². The largest absolute Gasteiger partial charge is 3.00 e. The summed E-state index contributed by atoms with van der Waals surface area (Å²) < 4.78 is 0. The molecule has 0 aromatic heterocycles. The third-order valence-corrected chi connectivity index (χ3v) is 2.01. The van der Waals surface area contributed by atoms with Crippen LogP contribution in [0.5, 0.6) is 0 Å². The van der Waals surface area contributed by atoms with Gasteiger partial charge in [-0.25, -0.2) is 0 Å². The molecule has 0 aliphatic rings. The van der Waals surface area contributed by atoms with E-state index in [2.05, 4.69) is 0 Å². The van der Waals surface area contributed by atoms with Gasteiger partial charge >= 0.3 is 40.8 Å². The first-order valence-electron chi connectivity index (χ1n) is 5.02. The number of carbonyl (C=O) groups is 2. The molecule has 0 aromatic rings.